The lowest BCUT2D eigenvalue weighted by Gasteiger charge is -2.24. The molecule has 1 unspecified atom stereocenters. The molecule has 10 heteroatoms. The first-order chi connectivity index (χ1) is 17.6. The molecule has 2 aliphatic heterocycles. The van der Waals surface area contributed by atoms with E-state index in [4.69, 9.17) is 23.5 Å². The highest BCUT2D eigenvalue weighted by molar-refractivity contribution is 5.92. The summed E-state index contributed by atoms with van der Waals surface area (Å²) in [5.74, 6) is 1.75. The fourth-order valence-corrected chi connectivity index (χ4v) is 4.05. The van der Waals surface area contributed by atoms with E-state index in [1.807, 2.05) is 30.3 Å². The summed E-state index contributed by atoms with van der Waals surface area (Å²) in [6, 6.07) is 16.2. The SMILES string of the molecule is O=C(NCc1ccc2c(c1)OCO2)c1cc(CN(CC2CCCO2)C(=O)COc2ccccc2)on1. The first-order valence-corrected chi connectivity index (χ1v) is 11.8. The number of amides is 2. The normalized spacial score (nSPS) is 16.1. The van der Waals surface area contributed by atoms with E-state index in [-0.39, 0.29) is 50.1 Å². The Morgan fingerprint density at radius 3 is 2.78 bits per heavy atom. The number of nitrogens with one attached hydrogen (secondary N) is 1. The maximum atomic E-state index is 13.0. The third kappa shape index (κ3) is 5.95. The van der Waals surface area contributed by atoms with Gasteiger partial charge in [0.05, 0.1) is 12.6 Å². The highest BCUT2D eigenvalue weighted by Crippen LogP contribution is 2.32. The van der Waals surface area contributed by atoms with E-state index in [9.17, 15) is 9.59 Å². The molecule has 10 nitrogen and oxygen atoms in total. The number of benzene rings is 2. The minimum Gasteiger partial charge on any atom is -0.484 e. The molecule has 1 saturated heterocycles. The monoisotopic (exact) mass is 493 g/mol. The predicted molar refractivity (Wildman–Crippen MR) is 127 cm³/mol. The smallest absolute Gasteiger partial charge is 0.273 e. The average molecular weight is 494 g/mol. The van der Waals surface area contributed by atoms with Gasteiger partial charge in [-0.05, 0) is 42.7 Å². The maximum absolute atomic E-state index is 13.0. The van der Waals surface area contributed by atoms with Crippen molar-refractivity contribution in [3.63, 3.8) is 0 Å². The van der Waals surface area contributed by atoms with Crippen LogP contribution in [0.4, 0.5) is 0 Å². The molecule has 3 aromatic rings. The number of carbonyl (C=O) groups is 2. The van der Waals surface area contributed by atoms with Gasteiger partial charge in [-0.3, -0.25) is 9.59 Å². The van der Waals surface area contributed by atoms with Gasteiger partial charge in [0, 0.05) is 25.8 Å². The Bertz CT molecular complexity index is 1190. The molecule has 1 fully saturated rings. The second-order valence-corrected chi connectivity index (χ2v) is 8.56. The molecule has 1 N–H and O–H groups in total. The predicted octanol–water partition coefficient (Wildman–Crippen LogP) is 2.92. The summed E-state index contributed by atoms with van der Waals surface area (Å²) in [4.78, 5) is 27.2. The van der Waals surface area contributed by atoms with Crippen LogP contribution in [0.2, 0.25) is 0 Å². The molecule has 2 amide bonds. The molecule has 3 heterocycles. The number of para-hydroxylation sites is 1. The number of hydrogen-bond acceptors (Lipinski definition) is 8. The Morgan fingerprint density at radius 2 is 1.94 bits per heavy atom. The highest BCUT2D eigenvalue weighted by Gasteiger charge is 2.25. The minimum absolute atomic E-state index is 0.0435. The van der Waals surface area contributed by atoms with Crippen molar-refractivity contribution in [1.82, 2.24) is 15.4 Å². The van der Waals surface area contributed by atoms with Crippen LogP contribution in [0.25, 0.3) is 0 Å². The lowest BCUT2D eigenvalue weighted by molar-refractivity contribution is -0.136. The van der Waals surface area contributed by atoms with Crippen LogP contribution >= 0.6 is 0 Å². The first-order valence-electron chi connectivity index (χ1n) is 11.8. The van der Waals surface area contributed by atoms with Crippen LogP contribution in [0, 0.1) is 0 Å². The first kappa shape index (κ1) is 23.7. The molecule has 188 valence electrons. The van der Waals surface area contributed by atoms with Gasteiger partial charge in [-0.15, -0.1) is 0 Å². The maximum Gasteiger partial charge on any atom is 0.273 e. The molecular weight excluding hydrogens is 466 g/mol. The number of fused-ring (bicyclic) bond motifs is 1. The molecule has 1 aromatic heterocycles. The van der Waals surface area contributed by atoms with E-state index in [1.165, 1.54) is 0 Å². The summed E-state index contributed by atoms with van der Waals surface area (Å²) in [6.45, 7) is 1.61. The molecule has 0 saturated carbocycles. The zero-order valence-electron chi connectivity index (χ0n) is 19.7. The number of hydrogen-bond donors (Lipinski definition) is 1. The second kappa shape index (κ2) is 11.1. The van der Waals surface area contributed by atoms with Crippen molar-refractivity contribution in [3.8, 4) is 17.2 Å². The second-order valence-electron chi connectivity index (χ2n) is 8.56. The van der Waals surface area contributed by atoms with Gasteiger partial charge >= 0.3 is 0 Å². The van der Waals surface area contributed by atoms with Gasteiger partial charge in [0.15, 0.2) is 29.6 Å². The van der Waals surface area contributed by atoms with E-state index >= 15 is 0 Å². The third-order valence-corrected chi connectivity index (χ3v) is 5.93. The van der Waals surface area contributed by atoms with Crippen LogP contribution < -0.4 is 19.5 Å². The Labute approximate surface area is 208 Å². The van der Waals surface area contributed by atoms with Gasteiger partial charge < -0.3 is 33.7 Å². The molecule has 0 bridgehead atoms. The van der Waals surface area contributed by atoms with Gasteiger partial charge in [0.1, 0.15) is 5.75 Å². The van der Waals surface area contributed by atoms with E-state index in [0.29, 0.717) is 36.2 Å². The van der Waals surface area contributed by atoms with Gasteiger partial charge in [-0.25, -0.2) is 0 Å². The number of aromatic nitrogens is 1. The standard InChI is InChI=1S/C26H27N3O7/c30-25(16-33-19-5-2-1-3-6-19)29(14-20-7-4-10-32-20)15-21-12-22(28-36-21)26(31)27-13-18-8-9-23-24(11-18)35-17-34-23/h1-3,5-6,8-9,11-12,20H,4,7,10,13-17H2,(H,27,31). The topological polar surface area (TPSA) is 112 Å². The molecule has 1 atom stereocenters. The van der Waals surface area contributed by atoms with Crippen molar-refractivity contribution in [3.05, 3.63) is 71.6 Å². The van der Waals surface area contributed by atoms with Crippen molar-refractivity contribution < 1.29 is 33.1 Å². The summed E-state index contributed by atoms with van der Waals surface area (Å²) in [5.41, 5.74) is 0.999. The average Bonchev–Trinajstić information content (AvgIpc) is 3.68. The van der Waals surface area contributed by atoms with E-state index in [2.05, 4.69) is 10.5 Å². The van der Waals surface area contributed by atoms with Crippen LogP contribution in [0.1, 0.15) is 34.7 Å². The van der Waals surface area contributed by atoms with Crippen LogP contribution in [0.3, 0.4) is 0 Å². The zero-order valence-corrected chi connectivity index (χ0v) is 19.7. The quantitative estimate of drug-likeness (QED) is 0.459. The molecule has 5 rings (SSSR count). The molecule has 36 heavy (non-hydrogen) atoms. The van der Waals surface area contributed by atoms with E-state index < -0.39 is 0 Å². The molecule has 2 aromatic carbocycles. The lowest BCUT2D eigenvalue weighted by atomic mass is 10.2. The molecule has 0 spiro atoms. The summed E-state index contributed by atoms with van der Waals surface area (Å²) in [6.07, 6.45) is 1.80. The summed E-state index contributed by atoms with van der Waals surface area (Å²) >= 11 is 0. The largest absolute Gasteiger partial charge is 0.484 e. The van der Waals surface area contributed by atoms with Gasteiger partial charge in [0.2, 0.25) is 6.79 Å². The Hall–Kier alpha value is -4.05. The van der Waals surface area contributed by atoms with Gasteiger partial charge in [-0.1, -0.05) is 29.4 Å². The van der Waals surface area contributed by atoms with Gasteiger partial charge in [-0.2, -0.15) is 0 Å². The summed E-state index contributed by atoms with van der Waals surface area (Å²) in [5, 5.41) is 6.71. The fraction of sp³-hybridized carbons (Fsp3) is 0.346. The number of carbonyl (C=O) groups excluding carboxylic acids is 2. The Kier molecular flexibility index (Phi) is 7.32. The van der Waals surface area contributed by atoms with Gasteiger partial charge in [0.25, 0.3) is 11.8 Å². The van der Waals surface area contributed by atoms with Crippen molar-refractivity contribution in [2.24, 2.45) is 0 Å². The molecule has 0 aliphatic carbocycles. The van der Waals surface area contributed by atoms with E-state index in [1.54, 1.807) is 29.2 Å². The van der Waals surface area contributed by atoms with Crippen molar-refractivity contribution in [1.29, 1.82) is 0 Å². The molecule has 2 aliphatic rings. The number of nitrogens with zero attached hydrogens (tertiary/aromatic N) is 2. The van der Waals surface area contributed by atoms with Crippen molar-refractivity contribution >= 4 is 11.8 Å². The van der Waals surface area contributed by atoms with Crippen LogP contribution in [-0.4, -0.2) is 54.5 Å². The van der Waals surface area contributed by atoms with E-state index in [0.717, 1.165) is 18.4 Å². The molecular formula is C26H27N3O7. The number of rotatable bonds is 10. The van der Waals surface area contributed by atoms with Crippen LogP contribution in [-0.2, 0) is 22.6 Å². The zero-order chi connectivity index (χ0) is 24.7. The van der Waals surface area contributed by atoms with Crippen molar-refractivity contribution in [2.75, 3.05) is 26.6 Å². The Morgan fingerprint density at radius 1 is 1.08 bits per heavy atom. The fourth-order valence-electron chi connectivity index (χ4n) is 4.05. The highest BCUT2D eigenvalue weighted by atomic mass is 16.7. The van der Waals surface area contributed by atoms with Crippen molar-refractivity contribution in [2.45, 2.75) is 32.0 Å². The van der Waals surface area contributed by atoms with Crippen LogP contribution in [0.5, 0.6) is 17.2 Å². The number of ether oxygens (including phenoxy) is 4. The molecule has 0 radical (unpaired) electrons. The minimum atomic E-state index is -0.382. The van der Waals surface area contributed by atoms with Crippen LogP contribution in [0.15, 0.2) is 59.1 Å². The Balaban J connectivity index is 1.18. The summed E-state index contributed by atoms with van der Waals surface area (Å²) < 4.78 is 27.4. The lowest BCUT2D eigenvalue weighted by Crippen LogP contribution is -2.39. The third-order valence-electron chi connectivity index (χ3n) is 5.93. The summed E-state index contributed by atoms with van der Waals surface area (Å²) in [7, 11) is 0.